The van der Waals surface area contributed by atoms with Crippen LogP contribution in [-0.4, -0.2) is 32.2 Å². The lowest BCUT2D eigenvalue weighted by Crippen LogP contribution is -2.01. The summed E-state index contributed by atoms with van der Waals surface area (Å²) in [6, 6.07) is 7.40. The van der Waals surface area contributed by atoms with Crippen LogP contribution in [0.5, 0.6) is 0 Å². The zero-order chi connectivity index (χ0) is 17.2. The summed E-state index contributed by atoms with van der Waals surface area (Å²) >= 11 is 3.33. The Morgan fingerprint density at radius 2 is 2.24 bits per heavy atom. The van der Waals surface area contributed by atoms with Crippen LogP contribution < -0.4 is 5.32 Å². The molecule has 0 amide bonds. The summed E-state index contributed by atoms with van der Waals surface area (Å²) in [6.07, 6.45) is 4.99. The standard InChI is InChI=1S/C17H13BrFN5O/c18-13-8-11(19)3-4-14(13)23-16-15-17(21-9-20-16)24(10-22-15)6-5-12-2-1-7-25-12/h3-4,8-10,12H,1-2,7H2,(H,20,21,23). The molecular weight excluding hydrogens is 389 g/mol. The van der Waals surface area contributed by atoms with Crippen LogP contribution in [-0.2, 0) is 4.74 Å². The van der Waals surface area contributed by atoms with Gasteiger partial charge in [0.25, 0.3) is 0 Å². The summed E-state index contributed by atoms with van der Waals surface area (Å²) in [7, 11) is 0. The molecule has 1 aliphatic heterocycles. The lowest BCUT2D eigenvalue weighted by Gasteiger charge is -2.08. The maximum absolute atomic E-state index is 13.2. The van der Waals surface area contributed by atoms with Gasteiger partial charge in [0.2, 0.25) is 0 Å². The molecule has 0 bridgehead atoms. The highest BCUT2D eigenvalue weighted by Gasteiger charge is 2.13. The summed E-state index contributed by atoms with van der Waals surface area (Å²) in [5.41, 5.74) is 1.86. The van der Waals surface area contributed by atoms with Crippen molar-refractivity contribution < 1.29 is 9.13 Å². The van der Waals surface area contributed by atoms with E-state index < -0.39 is 0 Å². The molecule has 0 aliphatic carbocycles. The van der Waals surface area contributed by atoms with Crippen LogP contribution in [0.15, 0.2) is 35.3 Å². The first-order valence-corrected chi connectivity index (χ1v) is 8.53. The third-order valence-electron chi connectivity index (χ3n) is 3.79. The molecule has 3 aromatic rings. The molecule has 1 N–H and O–H groups in total. The van der Waals surface area contributed by atoms with Gasteiger partial charge in [-0.25, -0.2) is 23.9 Å². The van der Waals surface area contributed by atoms with E-state index in [-0.39, 0.29) is 11.9 Å². The number of halogens is 2. The SMILES string of the molecule is Fc1ccc(Nc2ncnc3c2ncn3C#CC2CCCO2)c(Br)c1. The molecule has 0 saturated carbocycles. The molecule has 1 fully saturated rings. The number of fused-ring (bicyclic) bond motifs is 1. The number of anilines is 2. The average Bonchev–Trinajstić information content (AvgIpc) is 3.25. The smallest absolute Gasteiger partial charge is 0.177 e. The van der Waals surface area contributed by atoms with Gasteiger partial charge in [-0.3, -0.25) is 0 Å². The van der Waals surface area contributed by atoms with Crippen molar-refractivity contribution >= 4 is 38.6 Å². The molecule has 4 rings (SSSR count). The zero-order valence-electron chi connectivity index (χ0n) is 13.0. The van der Waals surface area contributed by atoms with Gasteiger partial charge >= 0.3 is 0 Å². The third-order valence-corrected chi connectivity index (χ3v) is 4.45. The Morgan fingerprint density at radius 3 is 3.04 bits per heavy atom. The zero-order valence-corrected chi connectivity index (χ0v) is 14.6. The predicted molar refractivity (Wildman–Crippen MR) is 94.9 cm³/mol. The molecule has 6 nitrogen and oxygen atoms in total. The van der Waals surface area contributed by atoms with Gasteiger partial charge in [-0.15, -0.1) is 0 Å². The van der Waals surface area contributed by atoms with Gasteiger partial charge in [-0.1, -0.05) is 0 Å². The maximum atomic E-state index is 13.2. The van der Waals surface area contributed by atoms with Crippen LogP contribution in [0.1, 0.15) is 12.8 Å². The van der Waals surface area contributed by atoms with Gasteiger partial charge in [0.05, 0.1) is 5.69 Å². The first-order valence-electron chi connectivity index (χ1n) is 7.74. The van der Waals surface area contributed by atoms with Crippen LogP contribution in [0.4, 0.5) is 15.9 Å². The van der Waals surface area contributed by atoms with Crippen molar-refractivity contribution in [3.05, 3.63) is 41.1 Å². The summed E-state index contributed by atoms with van der Waals surface area (Å²) in [4.78, 5) is 12.8. The number of ether oxygens (including phenoxy) is 1. The number of imidazole rings is 1. The average molecular weight is 402 g/mol. The van der Waals surface area contributed by atoms with Gasteiger partial charge in [0, 0.05) is 17.1 Å². The summed E-state index contributed by atoms with van der Waals surface area (Å²) in [5, 5.41) is 3.14. The van der Waals surface area contributed by atoms with Gasteiger partial charge < -0.3 is 10.1 Å². The Balaban J connectivity index is 1.66. The van der Waals surface area contributed by atoms with E-state index in [1.807, 2.05) is 0 Å². The van der Waals surface area contributed by atoms with Crippen LogP contribution in [0.25, 0.3) is 11.2 Å². The van der Waals surface area contributed by atoms with Crippen molar-refractivity contribution in [2.45, 2.75) is 18.9 Å². The van der Waals surface area contributed by atoms with Crippen LogP contribution >= 0.6 is 15.9 Å². The fraction of sp³-hybridized carbons (Fsp3) is 0.235. The van der Waals surface area contributed by atoms with E-state index in [4.69, 9.17) is 4.74 Å². The Morgan fingerprint density at radius 1 is 1.32 bits per heavy atom. The molecule has 0 spiro atoms. The fourth-order valence-electron chi connectivity index (χ4n) is 2.56. The number of rotatable bonds is 2. The summed E-state index contributed by atoms with van der Waals surface area (Å²) < 4.78 is 21.0. The van der Waals surface area contributed by atoms with E-state index in [9.17, 15) is 4.39 Å². The summed E-state index contributed by atoms with van der Waals surface area (Å²) in [5.74, 6) is 3.28. The van der Waals surface area contributed by atoms with Crippen molar-refractivity contribution in [3.63, 3.8) is 0 Å². The highest BCUT2D eigenvalue weighted by molar-refractivity contribution is 9.10. The molecule has 1 unspecified atom stereocenters. The molecule has 1 aromatic carbocycles. The number of benzene rings is 1. The van der Waals surface area contributed by atoms with Gasteiger partial charge in [-0.2, -0.15) is 0 Å². The van der Waals surface area contributed by atoms with Crippen molar-refractivity contribution in [2.75, 3.05) is 11.9 Å². The Kier molecular flexibility index (Phi) is 4.34. The predicted octanol–water partition coefficient (Wildman–Crippen LogP) is 3.46. The Labute approximate surface area is 151 Å². The van der Waals surface area contributed by atoms with E-state index in [0.29, 0.717) is 27.1 Å². The van der Waals surface area contributed by atoms with E-state index in [1.165, 1.54) is 18.5 Å². The molecule has 8 heteroatoms. The number of hydrogen-bond acceptors (Lipinski definition) is 5. The largest absolute Gasteiger partial charge is 0.365 e. The molecule has 25 heavy (non-hydrogen) atoms. The van der Waals surface area contributed by atoms with Crippen molar-refractivity contribution in [1.82, 2.24) is 19.5 Å². The third kappa shape index (κ3) is 3.34. The van der Waals surface area contributed by atoms with Crippen LogP contribution in [0, 0.1) is 17.8 Å². The van der Waals surface area contributed by atoms with E-state index in [1.54, 1.807) is 17.0 Å². The highest BCUT2D eigenvalue weighted by atomic mass is 79.9. The van der Waals surface area contributed by atoms with E-state index in [2.05, 4.69) is 48.2 Å². The van der Waals surface area contributed by atoms with E-state index in [0.717, 1.165) is 19.4 Å². The second-order valence-corrected chi connectivity index (χ2v) is 6.37. The van der Waals surface area contributed by atoms with Gasteiger partial charge in [0.15, 0.2) is 17.0 Å². The number of aromatic nitrogens is 4. The van der Waals surface area contributed by atoms with Crippen molar-refractivity contribution in [2.24, 2.45) is 0 Å². The molecule has 0 radical (unpaired) electrons. The Hall–Kier alpha value is -2.50. The molecule has 3 heterocycles. The number of hydrogen-bond donors (Lipinski definition) is 1. The lowest BCUT2D eigenvalue weighted by molar-refractivity contribution is 0.152. The minimum absolute atomic E-state index is 0.0351. The van der Waals surface area contributed by atoms with Gasteiger partial charge in [-0.05, 0) is 52.9 Å². The van der Waals surface area contributed by atoms with Crippen LogP contribution in [0.3, 0.4) is 0 Å². The maximum Gasteiger partial charge on any atom is 0.177 e. The minimum atomic E-state index is -0.320. The van der Waals surface area contributed by atoms with Crippen molar-refractivity contribution in [3.8, 4) is 12.0 Å². The minimum Gasteiger partial charge on any atom is -0.365 e. The molecule has 2 aromatic heterocycles. The summed E-state index contributed by atoms with van der Waals surface area (Å²) in [6.45, 7) is 0.757. The topological polar surface area (TPSA) is 64.9 Å². The molecular formula is C17H13BrFN5O. The first-order chi connectivity index (χ1) is 12.2. The molecule has 1 atom stereocenters. The normalized spacial score (nSPS) is 16.6. The van der Waals surface area contributed by atoms with Crippen LogP contribution in [0.2, 0.25) is 0 Å². The molecule has 1 aliphatic rings. The number of nitrogens with zero attached hydrogens (tertiary/aromatic N) is 4. The van der Waals surface area contributed by atoms with Crippen molar-refractivity contribution in [1.29, 1.82) is 0 Å². The highest BCUT2D eigenvalue weighted by Crippen LogP contribution is 2.28. The molecule has 1 saturated heterocycles. The number of nitrogens with one attached hydrogen (secondary N) is 1. The molecule has 126 valence electrons. The van der Waals surface area contributed by atoms with E-state index >= 15 is 0 Å². The lowest BCUT2D eigenvalue weighted by atomic mass is 10.2. The second-order valence-electron chi connectivity index (χ2n) is 5.52. The fourth-order valence-corrected chi connectivity index (χ4v) is 3.01. The monoisotopic (exact) mass is 401 g/mol. The Bertz CT molecular complexity index is 988. The first kappa shape index (κ1) is 16.0. The second kappa shape index (κ2) is 6.78. The quantitative estimate of drug-likeness (QED) is 0.666. The van der Waals surface area contributed by atoms with Gasteiger partial charge in [0.1, 0.15) is 24.6 Å².